The van der Waals surface area contributed by atoms with Gasteiger partial charge in [0, 0.05) is 25.1 Å². The third-order valence-electron chi connectivity index (χ3n) is 5.16. The van der Waals surface area contributed by atoms with E-state index in [0.29, 0.717) is 18.2 Å². The number of benzene rings is 1. The summed E-state index contributed by atoms with van der Waals surface area (Å²) in [7, 11) is 0. The second-order valence-electron chi connectivity index (χ2n) is 6.97. The molecule has 2 aliphatic rings. The van der Waals surface area contributed by atoms with Gasteiger partial charge in [-0.25, -0.2) is 4.98 Å². The largest absolute Gasteiger partial charge is 0.488 e. The number of hydrogen-bond acceptors (Lipinski definition) is 5. The van der Waals surface area contributed by atoms with Gasteiger partial charge in [-0.2, -0.15) is 5.26 Å². The topological polar surface area (TPSA) is 58.4 Å². The summed E-state index contributed by atoms with van der Waals surface area (Å²) in [6, 6.07) is 14.8. The molecular formula is C21H23N3O2. The van der Waals surface area contributed by atoms with Crippen LogP contribution in [0, 0.1) is 17.2 Å². The molecule has 1 atom stereocenters. The zero-order valence-corrected chi connectivity index (χ0v) is 14.8. The molecule has 0 bridgehead atoms. The van der Waals surface area contributed by atoms with Crippen molar-refractivity contribution >= 4 is 0 Å². The first kappa shape index (κ1) is 16.9. The average molecular weight is 349 g/mol. The van der Waals surface area contributed by atoms with E-state index >= 15 is 0 Å². The molecule has 0 unspecified atom stereocenters. The van der Waals surface area contributed by atoms with Crippen LogP contribution in [-0.4, -0.2) is 29.6 Å². The normalized spacial score (nSPS) is 21.0. The molecule has 5 nitrogen and oxygen atoms in total. The van der Waals surface area contributed by atoms with Crippen LogP contribution in [0.25, 0.3) is 0 Å². The van der Waals surface area contributed by atoms with Crippen molar-refractivity contribution in [1.29, 1.82) is 5.26 Å². The number of pyridine rings is 1. The lowest BCUT2D eigenvalue weighted by atomic mass is 9.98. The summed E-state index contributed by atoms with van der Waals surface area (Å²) >= 11 is 0. The van der Waals surface area contributed by atoms with Gasteiger partial charge in [0.2, 0.25) is 0 Å². The molecule has 134 valence electrons. The molecule has 1 saturated heterocycles. The number of likely N-dealkylation sites (tertiary alicyclic amines) is 1. The van der Waals surface area contributed by atoms with Crippen LogP contribution in [0.3, 0.4) is 0 Å². The lowest BCUT2D eigenvalue weighted by Crippen LogP contribution is -2.32. The minimum atomic E-state index is -0.0356. The van der Waals surface area contributed by atoms with E-state index < -0.39 is 0 Å². The molecule has 2 aromatic rings. The molecule has 0 spiro atoms. The lowest BCUT2D eigenvalue weighted by molar-refractivity contribution is 0.188. The molecule has 26 heavy (non-hydrogen) atoms. The standard InChI is InChI=1S/C21H23N3O2/c22-14-16-7-11-24(12-8-16)15-17-3-5-18(6-4-17)19-9-13-25-20-2-1-10-23-21(20)26-19/h1-6,10,16,19H,7-9,11-13,15H2/t19-/m1/s1. The van der Waals surface area contributed by atoms with Crippen LogP contribution >= 0.6 is 0 Å². The Balaban J connectivity index is 1.39. The zero-order valence-electron chi connectivity index (χ0n) is 14.8. The number of aromatic nitrogens is 1. The predicted molar refractivity (Wildman–Crippen MR) is 97.8 cm³/mol. The van der Waals surface area contributed by atoms with Gasteiger partial charge in [-0.1, -0.05) is 24.3 Å². The summed E-state index contributed by atoms with van der Waals surface area (Å²) in [5.74, 6) is 1.52. The lowest BCUT2D eigenvalue weighted by Gasteiger charge is -2.29. The Labute approximate surface area is 154 Å². The van der Waals surface area contributed by atoms with Gasteiger partial charge in [-0.05, 0) is 49.2 Å². The van der Waals surface area contributed by atoms with E-state index in [4.69, 9.17) is 14.7 Å². The van der Waals surface area contributed by atoms with Crippen molar-refractivity contribution in [1.82, 2.24) is 9.88 Å². The first-order valence-corrected chi connectivity index (χ1v) is 9.27. The smallest absolute Gasteiger partial charge is 0.257 e. The van der Waals surface area contributed by atoms with Crippen molar-refractivity contribution < 1.29 is 9.47 Å². The Morgan fingerprint density at radius 3 is 2.69 bits per heavy atom. The zero-order chi connectivity index (χ0) is 17.8. The molecule has 0 radical (unpaired) electrons. The summed E-state index contributed by atoms with van der Waals surface area (Å²) in [5.41, 5.74) is 2.45. The second-order valence-corrected chi connectivity index (χ2v) is 6.97. The third kappa shape index (κ3) is 3.81. The molecule has 3 heterocycles. The van der Waals surface area contributed by atoms with Crippen LogP contribution in [0.4, 0.5) is 0 Å². The average Bonchev–Trinajstić information content (AvgIpc) is 2.92. The maximum absolute atomic E-state index is 9.01. The van der Waals surface area contributed by atoms with Crippen molar-refractivity contribution in [3.63, 3.8) is 0 Å². The van der Waals surface area contributed by atoms with Crippen molar-refractivity contribution in [2.75, 3.05) is 19.7 Å². The summed E-state index contributed by atoms with van der Waals surface area (Å²) in [5, 5.41) is 9.01. The molecule has 0 N–H and O–H groups in total. The number of ether oxygens (including phenoxy) is 2. The monoisotopic (exact) mass is 349 g/mol. The maximum Gasteiger partial charge on any atom is 0.257 e. The van der Waals surface area contributed by atoms with E-state index in [9.17, 15) is 0 Å². The second kappa shape index (κ2) is 7.76. The van der Waals surface area contributed by atoms with Crippen molar-refractivity contribution in [2.45, 2.75) is 31.9 Å². The fraction of sp³-hybridized carbons (Fsp3) is 0.429. The molecule has 5 heteroatoms. The van der Waals surface area contributed by atoms with Crippen LogP contribution in [0.1, 0.15) is 36.5 Å². The summed E-state index contributed by atoms with van der Waals surface area (Å²) in [4.78, 5) is 6.72. The SMILES string of the molecule is N#CC1CCN(Cc2ccc([C@H]3CCOc4cccnc4O3)cc2)CC1. The van der Waals surface area contributed by atoms with Gasteiger partial charge in [0.15, 0.2) is 5.75 Å². The molecule has 0 saturated carbocycles. The van der Waals surface area contributed by atoms with Gasteiger partial charge < -0.3 is 9.47 Å². The predicted octanol–water partition coefficient (Wildman–Crippen LogP) is 3.72. The molecule has 2 aliphatic heterocycles. The van der Waals surface area contributed by atoms with Crippen LogP contribution in [0.2, 0.25) is 0 Å². The van der Waals surface area contributed by atoms with Gasteiger partial charge in [0.1, 0.15) is 6.10 Å². The number of rotatable bonds is 3. The molecule has 1 aromatic carbocycles. The molecule has 4 rings (SSSR count). The highest BCUT2D eigenvalue weighted by atomic mass is 16.5. The minimum absolute atomic E-state index is 0.0356. The van der Waals surface area contributed by atoms with Crippen LogP contribution in [0.15, 0.2) is 42.6 Å². The maximum atomic E-state index is 9.01. The van der Waals surface area contributed by atoms with Crippen LogP contribution in [0.5, 0.6) is 11.6 Å². The summed E-state index contributed by atoms with van der Waals surface area (Å²) in [6.07, 6.45) is 4.46. The summed E-state index contributed by atoms with van der Waals surface area (Å²) < 4.78 is 11.8. The highest BCUT2D eigenvalue weighted by Crippen LogP contribution is 2.33. The highest BCUT2D eigenvalue weighted by Gasteiger charge is 2.22. The van der Waals surface area contributed by atoms with Crippen LogP contribution < -0.4 is 9.47 Å². The van der Waals surface area contributed by atoms with E-state index in [1.807, 2.05) is 12.1 Å². The Bertz CT molecular complexity index is 777. The van der Waals surface area contributed by atoms with E-state index in [1.54, 1.807) is 6.20 Å². The van der Waals surface area contributed by atoms with Crippen LogP contribution in [-0.2, 0) is 6.54 Å². The van der Waals surface area contributed by atoms with E-state index in [-0.39, 0.29) is 12.0 Å². The van der Waals surface area contributed by atoms with Crippen molar-refractivity contribution in [3.8, 4) is 17.7 Å². The third-order valence-corrected chi connectivity index (χ3v) is 5.16. The number of piperidine rings is 1. The van der Waals surface area contributed by atoms with Gasteiger partial charge >= 0.3 is 0 Å². The van der Waals surface area contributed by atoms with Gasteiger partial charge in [0.05, 0.1) is 12.7 Å². The first-order valence-electron chi connectivity index (χ1n) is 9.27. The van der Waals surface area contributed by atoms with E-state index in [1.165, 1.54) is 5.56 Å². The van der Waals surface area contributed by atoms with Crippen molar-refractivity contribution in [2.24, 2.45) is 5.92 Å². The Morgan fingerprint density at radius 2 is 1.92 bits per heavy atom. The Morgan fingerprint density at radius 1 is 1.12 bits per heavy atom. The number of hydrogen-bond donors (Lipinski definition) is 0. The van der Waals surface area contributed by atoms with Gasteiger partial charge in [-0.15, -0.1) is 0 Å². The van der Waals surface area contributed by atoms with Gasteiger partial charge in [0.25, 0.3) is 5.88 Å². The van der Waals surface area contributed by atoms with Gasteiger partial charge in [-0.3, -0.25) is 4.90 Å². The number of fused-ring (bicyclic) bond motifs is 1. The molecule has 1 aromatic heterocycles. The number of nitriles is 1. The van der Waals surface area contributed by atoms with E-state index in [2.05, 4.69) is 40.2 Å². The molecule has 1 fully saturated rings. The highest BCUT2D eigenvalue weighted by molar-refractivity contribution is 5.34. The fourth-order valence-corrected chi connectivity index (χ4v) is 3.59. The fourth-order valence-electron chi connectivity index (χ4n) is 3.59. The van der Waals surface area contributed by atoms with Crippen molar-refractivity contribution in [3.05, 3.63) is 53.7 Å². The quantitative estimate of drug-likeness (QED) is 0.845. The Hall–Kier alpha value is -2.58. The minimum Gasteiger partial charge on any atom is -0.488 e. The molecule has 0 aliphatic carbocycles. The van der Waals surface area contributed by atoms with E-state index in [0.717, 1.165) is 44.5 Å². The number of nitrogens with zero attached hydrogens (tertiary/aromatic N) is 3. The summed E-state index contributed by atoms with van der Waals surface area (Å²) in [6.45, 7) is 3.58. The molecular weight excluding hydrogens is 326 g/mol. The Kier molecular flexibility index (Phi) is 5.03. The first-order chi connectivity index (χ1) is 12.8. The molecule has 0 amide bonds.